The molecule has 0 amide bonds. The van der Waals surface area contributed by atoms with Crippen LogP contribution < -0.4 is 0 Å². The molecule has 0 saturated carbocycles. The van der Waals surface area contributed by atoms with E-state index < -0.39 is 0 Å². The number of halogens is 1. The molecule has 0 saturated heterocycles. The second-order valence-electron chi connectivity index (χ2n) is 8.22. The first-order valence-corrected chi connectivity index (χ1v) is 11.4. The van der Waals surface area contributed by atoms with Gasteiger partial charge in [-0.1, -0.05) is 54.4 Å². The van der Waals surface area contributed by atoms with Crippen LogP contribution in [0.1, 0.15) is 37.3 Å². The molecule has 2 aromatic heterocycles. The van der Waals surface area contributed by atoms with Gasteiger partial charge in [-0.25, -0.2) is 0 Å². The van der Waals surface area contributed by atoms with Crippen LogP contribution in [0.4, 0.5) is 0 Å². The Hall–Kier alpha value is -2.97. The van der Waals surface area contributed by atoms with Crippen molar-refractivity contribution in [3.63, 3.8) is 0 Å². The fourth-order valence-corrected chi connectivity index (χ4v) is 5.06. The van der Waals surface area contributed by atoms with E-state index in [1.807, 2.05) is 30.5 Å². The number of nitrogens with zero attached hydrogens (tertiary/aromatic N) is 2. The minimum atomic E-state index is 0.707. The largest absolute Gasteiger partial charge is 0.264 e. The van der Waals surface area contributed by atoms with Crippen LogP contribution in [0.2, 0.25) is 5.02 Å². The molecule has 31 heavy (non-hydrogen) atoms. The highest BCUT2D eigenvalue weighted by Gasteiger charge is 2.27. The highest BCUT2D eigenvalue weighted by atomic mass is 35.5. The Morgan fingerprint density at radius 3 is 2.84 bits per heavy atom. The number of benzene rings is 2. The zero-order valence-corrected chi connectivity index (χ0v) is 18.4. The normalized spacial score (nSPS) is 17.2. The van der Waals surface area contributed by atoms with Gasteiger partial charge in [0.05, 0.1) is 5.52 Å². The molecule has 2 heterocycles. The van der Waals surface area contributed by atoms with Crippen LogP contribution in [0.3, 0.4) is 0 Å². The third-order valence-electron chi connectivity index (χ3n) is 6.43. The number of allylic oxidation sites excluding steroid dienone is 4. The molecule has 0 aliphatic heterocycles. The van der Waals surface area contributed by atoms with E-state index in [2.05, 4.69) is 53.3 Å². The molecule has 2 aliphatic rings. The van der Waals surface area contributed by atoms with Crippen LogP contribution in [-0.4, -0.2) is 9.97 Å². The Bertz CT molecular complexity index is 1250. The number of hydrogen-bond acceptors (Lipinski definition) is 2. The molecule has 0 N–H and O–H groups in total. The topological polar surface area (TPSA) is 25.8 Å². The smallest absolute Gasteiger partial charge is 0.0732 e. The minimum Gasteiger partial charge on any atom is -0.264 e. The average molecular weight is 425 g/mol. The van der Waals surface area contributed by atoms with E-state index in [-0.39, 0.29) is 0 Å². The molecule has 1 atom stereocenters. The summed E-state index contributed by atoms with van der Waals surface area (Å²) >= 11 is 6.15. The zero-order valence-electron chi connectivity index (χ0n) is 17.7. The molecule has 0 spiro atoms. The minimum absolute atomic E-state index is 0.707. The van der Waals surface area contributed by atoms with Crippen LogP contribution in [0, 0.1) is 5.92 Å². The van der Waals surface area contributed by atoms with Crippen molar-refractivity contribution in [2.24, 2.45) is 5.92 Å². The average Bonchev–Trinajstić information content (AvgIpc) is 2.83. The molecule has 154 valence electrons. The van der Waals surface area contributed by atoms with Crippen molar-refractivity contribution in [2.75, 3.05) is 0 Å². The van der Waals surface area contributed by atoms with Crippen molar-refractivity contribution < 1.29 is 0 Å². The first-order chi connectivity index (χ1) is 15.2. The van der Waals surface area contributed by atoms with Gasteiger partial charge in [0.15, 0.2) is 0 Å². The van der Waals surface area contributed by atoms with E-state index in [0.29, 0.717) is 5.92 Å². The lowest BCUT2D eigenvalue weighted by atomic mass is 9.73. The second kappa shape index (κ2) is 8.64. The molecule has 4 aromatic rings. The van der Waals surface area contributed by atoms with Crippen LogP contribution >= 0.6 is 11.6 Å². The predicted molar refractivity (Wildman–Crippen MR) is 131 cm³/mol. The van der Waals surface area contributed by atoms with E-state index >= 15 is 0 Å². The van der Waals surface area contributed by atoms with Crippen LogP contribution in [0.5, 0.6) is 0 Å². The second-order valence-corrected chi connectivity index (χ2v) is 8.65. The quantitative estimate of drug-likeness (QED) is 0.311. The number of rotatable bonds is 1. The summed E-state index contributed by atoms with van der Waals surface area (Å²) in [7, 11) is 0. The van der Waals surface area contributed by atoms with Gasteiger partial charge in [0.25, 0.3) is 0 Å². The molecule has 0 radical (unpaired) electrons. The fourth-order valence-electron chi connectivity index (χ4n) is 4.88. The van der Waals surface area contributed by atoms with Crippen LogP contribution in [0.15, 0.2) is 84.8 Å². The van der Waals surface area contributed by atoms with Gasteiger partial charge in [-0.05, 0) is 89.4 Å². The van der Waals surface area contributed by atoms with E-state index in [1.54, 1.807) is 18.0 Å². The molecular weight excluding hydrogens is 400 g/mol. The monoisotopic (exact) mass is 424 g/mol. The fraction of sp³-hybridized carbons (Fsp3) is 0.214. The first-order valence-electron chi connectivity index (χ1n) is 11.0. The van der Waals surface area contributed by atoms with Crippen molar-refractivity contribution in [2.45, 2.75) is 32.6 Å². The van der Waals surface area contributed by atoms with Gasteiger partial charge in [-0.3, -0.25) is 9.97 Å². The maximum atomic E-state index is 6.15. The van der Waals surface area contributed by atoms with E-state index in [0.717, 1.165) is 15.9 Å². The van der Waals surface area contributed by atoms with Crippen molar-refractivity contribution in [1.29, 1.82) is 0 Å². The first kappa shape index (κ1) is 20.0. The van der Waals surface area contributed by atoms with E-state index in [9.17, 15) is 0 Å². The molecule has 2 aromatic carbocycles. The summed E-state index contributed by atoms with van der Waals surface area (Å²) in [5.41, 5.74) is 7.13. The van der Waals surface area contributed by atoms with Crippen molar-refractivity contribution in [3.05, 3.63) is 101 Å². The van der Waals surface area contributed by atoms with E-state index in [4.69, 9.17) is 11.6 Å². The van der Waals surface area contributed by atoms with E-state index in [1.165, 1.54) is 53.2 Å². The highest BCUT2D eigenvalue weighted by molar-refractivity contribution is 6.31. The summed E-state index contributed by atoms with van der Waals surface area (Å²) in [5, 5.41) is 4.55. The summed E-state index contributed by atoms with van der Waals surface area (Å²) in [6.07, 6.45) is 14.9. The summed E-state index contributed by atoms with van der Waals surface area (Å²) in [4.78, 5) is 8.11. The van der Waals surface area contributed by atoms with Crippen molar-refractivity contribution in [3.8, 4) is 0 Å². The van der Waals surface area contributed by atoms with Gasteiger partial charge in [0.1, 0.15) is 0 Å². The van der Waals surface area contributed by atoms with Gasteiger partial charge in [0, 0.05) is 29.0 Å². The maximum absolute atomic E-state index is 6.15. The lowest BCUT2D eigenvalue weighted by molar-refractivity contribution is 0.560. The van der Waals surface area contributed by atoms with Crippen LogP contribution in [0.25, 0.3) is 27.2 Å². The number of pyridine rings is 2. The predicted octanol–water partition coefficient (Wildman–Crippen LogP) is 7.81. The molecule has 0 bridgehead atoms. The molecular formula is C28H25ClN2. The van der Waals surface area contributed by atoms with Gasteiger partial charge in [-0.15, -0.1) is 0 Å². The SMILES string of the molecule is CCC1Cc2c(ccc3cc(Cl)ccc23)C2=C1CCC=C2.c1cnc2ccncc2c1. The molecule has 2 nitrogen and oxygen atoms in total. The lowest BCUT2D eigenvalue weighted by Crippen LogP contribution is -2.17. The van der Waals surface area contributed by atoms with Gasteiger partial charge >= 0.3 is 0 Å². The van der Waals surface area contributed by atoms with Crippen molar-refractivity contribution in [1.82, 2.24) is 9.97 Å². The number of fused-ring (bicyclic) bond motifs is 5. The summed E-state index contributed by atoms with van der Waals surface area (Å²) in [6, 6.07) is 16.6. The third-order valence-corrected chi connectivity index (χ3v) is 6.67. The third kappa shape index (κ3) is 3.88. The Morgan fingerprint density at radius 1 is 1.03 bits per heavy atom. The molecule has 3 heteroatoms. The molecule has 1 unspecified atom stereocenters. The summed E-state index contributed by atoms with van der Waals surface area (Å²) < 4.78 is 0. The standard InChI is InChI=1S/C20H19Cl.C8H6N2/c1-2-13-12-20-17-10-8-15(21)11-14(17)7-9-19(20)18-6-4-3-5-16(13)18;1-2-7-6-9-5-3-8(7)10-4-1/h4,6-11,13H,2-3,5,12H2,1H3;1-6H. The van der Waals surface area contributed by atoms with Gasteiger partial charge in [0.2, 0.25) is 0 Å². The summed E-state index contributed by atoms with van der Waals surface area (Å²) in [6.45, 7) is 2.32. The maximum Gasteiger partial charge on any atom is 0.0732 e. The lowest BCUT2D eigenvalue weighted by Gasteiger charge is -2.31. The Balaban J connectivity index is 0.000000171. The Morgan fingerprint density at radius 2 is 1.97 bits per heavy atom. The number of aromatic nitrogens is 2. The Labute approximate surface area is 188 Å². The number of hydrogen-bond donors (Lipinski definition) is 0. The van der Waals surface area contributed by atoms with Gasteiger partial charge < -0.3 is 0 Å². The molecule has 2 aliphatic carbocycles. The van der Waals surface area contributed by atoms with Crippen LogP contribution in [-0.2, 0) is 6.42 Å². The van der Waals surface area contributed by atoms with Gasteiger partial charge in [-0.2, -0.15) is 0 Å². The van der Waals surface area contributed by atoms with Crippen molar-refractivity contribution >= 4 is 38.8 Å². The zero-order chi connectivity index (χ0) is 21.2. The molecule has 0 fully saturated rings. The Kier molecular flexibility index (Phi) is 5.57. The highest BCUT2D eigenvalue weighted by Crippen LogP contribution is 2.43. The summed E-state index contributed by atoms with van der Waals surface area (Å²) in [5.74, 6) is 0.707. The molecule has 6 rings (SSSR count).